The third-order valence-corrected chi connectivity index (χ3v) is 4.31. The van der Waals surface area contributed by atoms with E-state index in [4.69, 9.17) is 10.5 Å². The Bertz CT molecular complexity index is 754. The molecule has 1 heterocycles. The summed E-state index contributed by atoms with van der Waals surface area (Å²) in [6.45, 7) is 3.63. The van der Waals surface area contributed by atoms with Gasteiger partial charge in [0.2, 0.25) is 0 Å². The number of rotatable bonds is 3. The number of nitrogens with one attached hydrogen (secondary N) is 3. The highest BCUT2D eigenvalue weighted by molar-refractivity contribution is 6.00. The third kappa shape index (κ3) is 2.80. The Morgan fingerprint density at radius 2 is 2.21 bits per heavy atom. The van der Waals surface area contributed by atoms with Gasteiger partial charge in [-0.2, -0.15) is 0 Å². The van der Waals surface area contributed by atoms with Crippen LogP contribution < -0.4 is 26.4 Å². The van der Waals surface area contributed by atoms with Gasteiger partial charge in [0.25, 0.3) is 5.91 Å². The van der Waals surface area contributed by atoms with Gasteiger partial charge in [-0.25, -0.2) is 4.79 Å². The zero-order valence-corrected chi connectivity index (χ0v) is 13.4. The molecular formula is C17H20N4O3. The third-order valence-electron chi connectivity index (χ3n) is 4.31. The molecule has 3 rings (SSSR count). The number of amides is 3. The van der Waals surface area contributed by atoms with Crippen LogP contribution in [0.2, 0.25) is 0 Å². The van der Waals surface area contributed by atoms with Crippen LogP contribution in [0.25, 0.3) is 0 Å². The second-order valence-corrected chi connectivity index (χ2v) is 5.79. The van der Waals surface area contributed by atoms with Crippen molar-refractivity contribution in [2.75, 3.05) is 7.11 Å². The number of fused-ring (bicyclic) bond motifs is 1. The minimum atomic E-state index is -0.523. The topological polar surface area (TPSA) is 105 Å². The Labute approximate surface area is 139 Å². The van der Waals surface area contributed by atoms with Crippen LogP contribution in [0.5, 0.6) is 5.75 Å². The molecule has 1 atom stereocenters. The molecule has 2 aliphatic rings. The molecule has 1 aromatic rings. The van der Waals surface area contributed by atoms with Gasteiger partial charge < -0.3 is 26.4 Å². The predicted molar refractivity (Wildman–Crippen MR) is 88.8 cm³/mol. The second-order valence-electron chi connectivity index (χ2n) is 5.79. The van der Waals surface area contributed by atoms with Crippen LogP contribution in [-0.2, 0) is 11.2 Å². The van der Waals surface area contributed by atoms with Gasteiger partial charge in [-0.05, 0) is 36.5 Å². The number of carbonyl (C=O) groups excluding carboxylic acids is 2. The summed E-state index contributed by atoms with van der Waals surface area (Å²) in [4.78, 5) is 24.1. The zero-order valence-electron chi connectivity index (χ0n) is 13.4. The zero-order chi connectivity index (χ0) is 17.3. The Morgan fingerprint density at radius 3 is 2.96 bits per heavy atom. The van der Waals surface area contributed by atoms with Crippen molar-refractivity contribution >= 4 is 11.9 Å². The fraction of sp³-hybridized carbons (Fsp3) is 0.294. The second kappa shape index (κ2) is 6.27. The van der Waals surface area contributed by atoms with Gasteiger partial charge in [0, 0.05) is 0 Å². The molecule has 1 aliphatic heterocycles. The molecule has 0 saturated carbocycles. The molecule has 1 aliphatic carbocycles. The summed E-state index contributed by atoms with van der Waals surface area (Å²) in [5.41, 5.74) is 8.37. The maximum absolute atomic E-state index is 12.6. The van der Waals surface area contributed by atoms with E-state index >= 15 is 0 Å². The highest BCUT2D eigenvalue weighted by Gasteiger charge is 2.28. The molecule has 126 valence electrons. The van der Waals surface area contributed by atoms with Crippen molar-refractivity contribution in [1.82, 2.24) is 16.0 Å². The Hall–Kier alpha value is -2.96. The number of ether oxygens (including phenoxy) is 1. The highest BCUT2D eigenvalue weighted by Crippen LogP contribution is 2.35. The highest BCUT2D eigenvalue weighted by atomic mass is 16.5. The summed E-state index contributed by atoms with van der Waals surface area (Å²) in [7, 11) is 1.64. The Morgan fingerprint density at radius 1 is 1.42 bits per heavy atom. The maximum Gasteiger partial charge on any atom is 0.323 e. The van der Waals surface area contributed by atoms with E-state index in [1.165, 1.54) is 0 Å². The van der Waals surface area contributed by atoms with Crippen molar-refractivity contribution in [3.8, 4) is 5.75 Å². The van der Waals surface area contributed by atoms with E-state index < -0.39 is 11.9 Å². The first-order valence-corrected chi connectivity index (χ1v) is 7.75. The summed E-state index contributed by atoms with van der Waals surface area (Å²) < 4.78 is 5.41. The number of urea groups is 1. The lowest BCUT2D eigenvalue weighted by Gasteiger charge is -2.29. The number of methoxy groups -OCH3 is 1. The van der Waals surface area contributed by atoms with E-state index in [1.54, 1.807) is 7.11 Å². The molecule has 24 heavy (non-hydrogen) atoms. The number of hydrogen-bond donors (Lipinski definition) is 4. The van der Waals surface area contributed by atoms with Crippen LogP contribution in [0.1, 0.15) is 30.0 Å². The maximum atomic E-state index is 12.6. The summed E-state index contributed by atoms with van der Waals surface area (Å²) in [6.07, 6.45) is 2.66. The monoisotopic (exact) mass is 328 g/mol. The van der Waals surface area contributed by atoms with Crippen molar-refractivity contribution in [3.63, 3.8) is 0 Å². The number of hydrogen-bond acceptors (Lipinski definition) is 4. The molecule has 7 nitrogen and oxygen atoms in total. The largest absolute Gasteiger partial charge is 0.496 e. The molecule has 0 spiro atoms. The molecule has 1 aromatic carbocycles. The lowest BCUT2D eigenvalue weighted by Crippen LogP contribution is -2.47. The van der Waals surface area contributed by atoms with Crippen LogP contribution in [-0.4, -0.2) is 19.0 Å². The predicted octanol–water partition coefficient (Wildman–Crippen LogP) is 1.19. The molecule has 5 N–H and O–H groups in total. The minimum absolute atomic E-state index is 0.0266. The first-order valence-electron chi connectivity index (χ1n) is 7.75. The molecule has 0 unspecified atom stereocenters. The van der Waals surface area contributed by atoms with Gasteiger partial charge in [0.05, 0.1) is 24.5 Å². The Balaban J connectivity index is 1.86. The van der Waals surface area contributed by atoms with E-state index in [0.717, 1.165) is 36.1 Å². The molecule has 0 aromatic heterocycles. The van der Waals surface area contributed by atoms with E-state index in [9.17, 15) is 9.59 Å². The molecule has 7 heteroatoms. The van der Waals surface area contributed by atoms with Crippen LogP contribution in [0.15, 0.2) is 41.9 Å². The van der Waals surface area contributed by atoms with Crippen LogP contribution in [0.4, 0.5) is 4.79 Å². The van der Waals surface area contributed by atoms with Gasteiger partial charge in [-0.15, -0.1) is 0 Å². The SMILES string of the molecule is C=C1NC(=O)NC(C(=O)N[C@@H]2CCCc3c(OC)cccc32)=C1N. The van der Waals surface area contributed by atoms with Gasteiger partial charge in [-0.3, -0.25) is 4.79 Å². The van der Waals surface area contributed by atoms with Gasteiger partial charge in [0.15, 0.2) is 0 Å². The van der Waals surface area contributed by atoms with Gasteiger partial charge in [0.1, 0.15) is 11.4 Å². The van der Waals surface area contributed by atoms with Crippen molar-refractivity contribution in [2.24, 2.45) is 5.73 Å². The molecule has 0 bridgehead atoms. The molecular weight excluding hydrogens is 308 g/mol. The van der Waals surface area contributed by atoms with Crippen LogP contribution >= 0.6 is 0 Å². The summed E-state index contributed by atoms with van der Waals surface area (Å²) in [5.74, 6) is 0.401. The van der Waals surface area contributed by atoms with E-state index in [0.29, 0.717) is 0 Å². The number of nitrogens with two attached hydrogens (primary N) is 1. The Kier molecular flexibility index (Phi) is 4.16. The number of benzene rings is 1. The van der Waals surface area contributed by atoms with Crippen molar-refractivity contribution in [2.45, 2.75) is 25.3 Å². The first-order chi connectivity index (χ1) is 11.5. The number of carbonyl (C=O) groups is 2. The summed E-state index contributed by atoms with van der Waals surface area (Å²) in [5, 5.41) is 7.82. The minimum Gasteiger partial charge on any atom is -0.496 e. The average Bonchev–Trinajstić information content (AvgIpc) is 2.57. The van der Waals surface area contributed by atoms with E-state index in [1.807, 2.05) is 18.2 Å². The van der Waals surface area contributed by atoms with Gasteiger partial charge in [-0.1, -0.05) is 18.7 Å². The summed E-state index contributed by atoms with van der Waals surface area (Å²) in [6, 6.07) is 5.13. The smallest absolute Gasteiger partial charge is 0.323 e. The fourth-order valence-corrected chi connectivity index (χ4v) is 3.13. The van der Waals surface area contributed by atoms with Crippen LogP contribution in [0.3, 0.4) is 0 Å². The lowest BCUT2D eigenvalue weighted by atomic mass is 9.87. The fourth-order valence-electron chi connectivity index (χ4n) is 3.13. The standard InChI is InChI=1S/C17H20N4O3/c1-9-14(18)15(21-17(23)19-9)16(22)20-12-7-3-6-11-10(12)5-4-8-13(11)24-2/h4-5,8,12H,1,3,6-7,18H2,2H3,(H,20,22)(H2,19,21,23)/t12-/m1/s1. The van der Waals surface area contributed by atoms with Gasteiger partial charge >= 0.3 is 6.03 Å². The first kappa shape index (κ1) is 15.9. The van der Waals surface area contributed by atoms with E-state index in [2.05, 4.69) is 22.5 Å². The van der Waals surface area contributed by atoms with Crippen molar-refractivity contribution in [1.29, 1.82) is 0 Å². The van der Waals surface area contributed by atoms with Crippen LogP contribution in [0, 0.1) is 0 Å². The molecule has 3 amide bonds. The quantitative estimate of drug-likeness (QED) is 0.669. The molecule has 0 radical (unpaired) electrons. The lowest BCUT2D eigenvalue weighted by molar-refractivity contribution is -0.118. The normalized spacial score (nSPS) is 20.0. The average molecular weight is 328 g/mol. The molecule has 0 saturated heterocycles. The van der Waals surface area contributed by atoms with E-state index in [-0.39, 0.29) is 23.1 Å². The summed E-state index contributed by atoms with van der Waals surface area (Å²) >= 11 is 0. The molecule has 0 fully saturated rings. The van der Waals surface area contributed by atoms with Crippen molar-refractivity contribution in [3.05, 3.63) is 53.0 Å². The van der Waals surface area contributed by atoms with Crippen molar-refractivity contribution < 1.29 is 14.3 Å².